The Morgan fingerprint density at radius 3 is 2.48 bits per heavy atom. The molecule has 0 aromatic heterocycles. The molecule has 21 heavy (non-hydrogen) atoms. The number of benzene rings is 1. The highest BCUT2D eigenvalue weighted by atomic mass is 19.1. The average molecular weight is 296 g/mol. The molecule has 2 rings (SSSR count). The summed E-state index contributed by atoms with van der Waals surface area (Å²) in [5, 5.41) is 2.88. The van der Waals surface area contributed by atoms with E-state index in [1.807, 2.05) is 20.8 Å². The largest absolute Gasteiger partial charge is 0.337 e. The van der Waals surface area contributed by atoms with Gasteiger partial charge in [-0.3, -0.25) is 0 Å². The topological polar surface area (TPSA) is 32.3 Å². The summed E-state index contributed by atoms with van der Waals surface area (Å²) >= 11 is 0. The summed E-state index contributed by atoms with van der Waals surface area (Å²) in [7, 11) is 0. The van der Waals surface area contributed by atoms with Gasteiger partial charge in [-0.05, 0) is 37.8 Å². The zero-order chi connectivity index (χ0) is 15.6. The van der Waals surface area contributed by atoms with Gasteiger partial charge in [-0.15, -0.1) is 0 Å². The van der Waals surface area contributed by atoms with Gasteiger partial charge in [0.15, 0.2) is 0 Å². The molecule has 1 aromatic rings. The third-order valence-corrected chi connectivity index (χ3v) is 4.53. The number of hydrogen-bond acceptors (Lipinski definition) is 1. The molecule has 1 fully saturated rings. The van der Waals surface area contributed by atoms with Gasteiger partial charge >= 0.3 is 6.03 Å². The average Bonchev–Trinajstić information content (AvgIpc) is 3.09. The highest BCUT2D eigenvalue weighted by Crippen LogP contribution is 2.54. The zero-order valence-corrected chi connectivity index (χ0v) is 12.7. The van der Waals surface area contributed by atoms with E-state index in [-0.39, 0.29) is 11.9 Å². The Morgan fingerprint density at radius 1 is 1.38 bits per heavy atom. The van der Waals surface area contributed by atoms with Crippen molar-refractivity contribution in [3.05, 3.63) is 35.4 Å². The molecular weight excluding hydrogens is 274 g/mol. The van der Waals surface area contributed by atoms with E-state index in [0.717, 1.165) is 12.5 Å². The van der Waals surface area contributed by atoms with Crippen LogP contribution in [-0.4, -0.2) is 30.6 Å². The van der Waals surface area contributed by atoms with Gasteiger partial charge in [0.1, 0.15) is 11.6 Å². The lowest BCUT2D eigenvalue weighted by Crippen LogP contribution is -2.43. The molecule has 0 bridgehead atoms. The molecule has 5 heteroatoms. The molecule has 0 radical (unpaired) electrons. The molecule has 1 aliphatic carbocycles. The first-order valence-electron chi connectivity index (χ1n) is 7.43. The van der Waals surface area contributed by atoms with Crippen LogP contribution >= 0.6 is 0 Å². The summed E-state index contributed by atoms with van der Waals surface area (Å²) in [6, 6.07) is 3.55. The summed E-state index contributed by atoms with van der Waals surface area (Å²) < 4.78 is 27.1. The molecule has 2 unspecified atom stereocenters. The van der Waals surface area contributed by atoms with Gasteiger partial charge in [0.05, 0.1) is 0 Å². The maximum atomic E-state index is 14.0. The Kier molecular flexibility index (Phi) is 4.49. The van der Waals surface area contributed by atoms with Crippen molar-refractivity contribution in [1.82, 2.24) is 10.2 Å². The number of carbonyl (C=O) groups is 1. The second-order valence-corrected chi connectivity index (χ2v) is 5.72. The number of halogens is 2. The lowest BCUT2D eigenvalue weighted by Gasteiger charge is -2.23. The standard InChI is InChI=1S/C16H22F2N2O/c1-4-20(5-2)15(21)19-10-16(9-11(16)3)13-7-6-12(17)8-14(13)18/h6-8,11H,4-5,9-10H2,1-3H3,(H,19,21). The van der Waals surface area contributed by atoms with E-state index in [9.17, 15) is 13.6 Å². The van der Waals surface area contributed by atoms with E-state index in [4.69, 9.17) is 0 Å². The maximum Gasteiger partial charge on any atom is 0.317 e. The number of hydrogen-bond donors (Lipinski definition) is 1. The zero-order valence-electron chi connectivity index (χ0n) is 12.7. The fourth-order valence-corrected chi connectivity index (χ4v) is 2.95. The molecule has 0 aliphatic heterocycles. The Labute approximate surface area is 124 Å². The van der Waals surface area contributed by atoms with Crippen molar-refractivity contribution in [3.8, 4) is 0 Å². The van der Waals surface area contributed by atoms with Gasteiger partial charge in [-0.1, -0.05) is 13.0 Å². The number of rotatable bonds is 5. The second-order valence-electron chi connectivity index (χ2n) is 5.72. The molecule has 1 N–H and O–H groups in total. The smallest absolute Gasteiger partial charge is 0.317 e. The Morgan fingerprint density at radius 2 is 2.00 bits per heavy atom. The van der Waals surface area contributed by atoms with Crippen molar-refractivity contribution >= 4 is 6.03 Å². The minimum Gasteiger partial charge on any atom is -0.337 e. The molecule has 3 nitrogen and oxygen atoms in total. The van der Waals surface area contributed by atoms with E-state index in [0.29, 0.717) is 25.2 Å². The van der Waals surface area contributed by atoms with E-state index in [1.165, 1.54) is 12.1 Å². The first-order valence-corrected chi connectivity index (χ1v) is 7.43. The van der Waals surface area contributed by atoms with Gasteiger partial charge in [-0.25, -0.2) is 13.6 Å². The van der Waals surface area contributed by atoms with Crippen LogP contribution in [0, 0.1) is 17.6 Å². The summed E-state index contributed by atoms with van der Waals surface area (Å²) in [4.78, 5) is 13.7. The van der Waals surface area contributed by atoms with Crippen LogP contribution < -0.4 is 5.32 Å². The maximum absolute atomic E-state index is 14.0. The van der Waals surface area contributed by atoms with Crippen LogP contribution in [-0.2, 0) is 5.41 Å². The van der Waals surface area contributed by atoms with Crippen molar-refractivity contribution in [2.24, 2.45) is 5.92 Å². The van der Waals surface area contributed by atoms with Crippen LogP contribution in [0.3, 0.4) is 0 Å². The second kappa shape index (κ2) is 6.00. The number of amides is 2. The van der Waals surface area contributed by atoms with E-state index < -0.39 is 17.0 Å². The molecule has 1 aromatic carbocycles. The first kappa shape index (κ1) is 15.7. The molecule has 0 heterocycles. The quantitative estimate of drug-likeness (QED) is 0.888. The Hall–Kier alpha value is -1.65. The Bertz CT molecular complexity index is 531. The van der Waals surface area contributed by atoms with Gasteiger partial charge in [0.2, 0.25) is 0 Å². The normalized spacial score (nSPS) is 23.8. The minimum atomic E-state index is -0.577. The molecule has 1 saturated carbocycles. The lowest BCUT2D eigenvalue weighted by atomic mass is 9.93. The highest BCUT2D eigenvalue weighted by Gasteiger charge is 2.53. The van der Waals surface area contributed by atoms with E-state index in [1.54, 1.807) is 4.90 Å². The van der Waals surface area contributed by atoms with E-state index >= 15 is 0 Å². The third kappa shape index (κ3) is 3.01. The van der Waals surface area contributed by atoms with Gasteiger partial charge < -0.3 is 10.2 Å². The van der Waals surface area contributed by atoms with Crippen LogP contribution in [0.1, 0.15) is 32.8 Å². The lowest BCUT2D eigenvalue weighted by molar-refractivity contribution is 0.202. The fourth-order valence-electron chi connectivity index (χ4n) is 2.95. The van der Waals surface area contributed by atoms with Crippen molar-refractivity contribution in [1.29, 1.82) is 0 Å². The molecule has 1 aliphatic rings. The van der Waals surface area contributed by atoms with Gasteiger partial charge in [-0.2, -0.15) is 0 Å². The van der Waals surface area contributed by atoms with Gasteiger partial charge in [0.25, 0.3) is 0 Å². The van der Waals surface area contributed by atoms with Crippen LogP contribution in [0.4, 0.5) is 13.6 Å². The molecular formula is C16H22F2N2O. The number of carbonyl (C=O) groups excluding carboxylic acids is 1. The van der Waals surface area contributed by atoms with Crippen LogP contribution in [0.2, 0.25) is 0 Å². The summed E-state index contributed by atoms with van der Waals surface area (Å²) in [6.07, 6.45) is 0.800. The van der Waals surface area contributed by atoms with Crippen molar-refractivity contribution < 1.29 is 13.6 Å². The fraction of sp³-hybridized carbons (Fsp3) is 0.562. The number of urea groups is 1. The van der Waals surface area contributed by atoms with Crippen LogP contribution in [0.5, 0.6) is 0 Å². The summed E-state index contributed by atoms with van der Waals surface area (Å²) in [5.74, 6) is -0.835. The first-order chi connectivity index (χ1) is 9.94. The van der Waals surface area contributed by atoms with Crippen molar-refractivity contribution in [2.75, 3.05) is 19.6 Å². The molecule has 2 atom stereocenters. The predicted octanol–water partition coefficient (Wildman–Crippen LogP) is 3.29. The monoisotopic (exact) mass is 296 g/mol. The van der Waals surface area contributed by atoms with Crippen molar-refractivity contribution in [3.63, 3.8) is 0 Å². The predicted molar refractivity (Wildman–Crippen MR) is 78.1 cm³/mol. The Balaban J connectivity index is 2.11. The SMILES string of the molecule is CCN(CC)C(=O)NCC1(c2ccc(F)cc2F)CC1C. The summed E-state index contributed by atoms with van der Waals surface area (Å²) in [5.41, 5.74) is 0.0943. The van der Waals surface area contributed by atoms with Gasteiger partial charge in [0, 0.05) is 31.1 Å². The molecule has 116 valence electrons. The number of nitrogens with zero attached hydrogens (tertiary/aromatic N) is 1. The van der Waals surface area contributed by atoms with Crippen LogP contribution in [0.25, 0.3) is 0 Å². The highest BCUT2D eigenvalue weighted by molar-refractivity contribution is 5.74. The minimum absolute atomic E-state index is 0.138. The van der Waals surface area contributed by atoms with Crippen molar-refractivity contribution in [2.45, 2.75) is 32.6 Å². The third-order valence-electron chi connectivity index (χ3n) is 4.53. The van der Waals surface area contributed by atoms with Crippen LogP contribution in [0.15, 0.2) is 18.2 Å². The summed E-state index contributed by atoms with van der Waals surface area (Å²) in [6.45, 7) is 7.50. The number of nitrogens with one attached hydrogen (secondary N) is 1. The van der Waals surface area contributed by atoms with E-state index in [2.05, 4.69) is 5.32 Å². The molecule has 2 amide bonds. The molecule has 0 spiro atoms. The molecule has 0 saturated heterocycles.